The van der Waals surface area contributed by atoms with Gasteiger partial charge in [-0.15, -0.1) is 0 Å². The lowest BCUT2D eigenvalue weighted by molar-refractivity contribution is -0.120. The first kappa shape index (κ1) is 17.3. The molecule has 0 bridgehead atoms. The van der Waals surface area contributed by atoms with Gasteiger partial charge in [0.15, 0.2) is 0 Å². The molecular formula is C19H18N4O3. The fourth-order valence-corrected chi connectivity index (χ4v) is 2.50. The minimum atomic E-state index is -0.567. The zero-order valence-corrected chi connectivity index (χ0v) is 14.0. The highest BCUT2D eigenvalue weighted by Crippen LogP contribution is 2.04. The van der Waals surface area contributed by atoms with Crippen molar-refractivity contribution in [1.29, 1.82) is 0 Å². The summed E-state index contributed by atoms with van der Waals surface area (Å²) in [6.45, 7) is 0.475. The van der Waals surface area contributed by atoms with Gasteiger partial charge in [-0.25, -0.2) is 9.78 Å². The average molecular weight is 350 g/mol. The molecule has 7 heteroatoms. The molecule has 26 heavy (non-hydrogen) atoms. The van der Waals surface area contributed by atoms with Crippen LogP contribution in [0.5, 0.6) is 0 Å². The maximum absolute atomic E-state index is 12.3. The highest BCUT2D eigenvalue weighted by Gasteiger charge is 2.09. The summed E-state index contributed by atoms with van der Waals surface area (Å²) < 4.78 is 1.36. The smallest absolute Gasteiger partial charge is 0.321 e. The first-order valence-electron chi connectivity index (χ1n) is 8.19. The lowest BCUT2D eigenvalue weighted by atomic mass is 10.2. The molecule has 0 unspecified atom stereocenters. The van der Waals surface area contributed by atoms with E-state index in [9.17, 15) is 14.4 Å². The third-order valence-electron chi connectivity index (χ3n) is 3.86. The van der Waals surface area contributed by atoms with E-state index in [2.05, 4.69) is 15.6 Å². The predicted octanol–water partition coefficient (Wildman–Crippen LogP) is 1.81. The van der Waals surface area contributed by atoms with Gasteiger partial charge in [-0.1, -0.05) is 42.5 Å². The van der Waals surface area contributed by atoms with Gasteiger partial charge < -0.3 is 5.32 Å². The number of imide groups is 1. The molecule has 3 aromatic rings. The molecule has 3 amide bonds. The molecular weight excluding hydrogens is 332 g/mol. The maximum atomic E-state index is 12.3. The molecule has 0 atom stereocenters. The summed E-state index contributed by atoms with van der Waals surface area (Å²) in [6.07, 6.45) is 1.41. The van der Waals surface area contributed by atoms with E-state index >= 15 is 0 Å². The van der Waals surface area contributed by atoms with Gasteiger partial charge in [0.2, 0.25) is 5.91 Å². The fraction of sp³-hybridized carbons (Fsp3) is 0.158. The number of rotatable bonds is 5. The lowest BCUT2D eigenvalue weighted by Gasteiger charge is -2.08. The van der Waals surface area contributed by atoms with E-state index in [-0.39, 0.29) is 18.5 Å². The largest absolute Gasteiger partial charge is 0.334 e. The molecule has 7 nitrogen and oxygen atoms in total. The van der Waals surface area contributed by atoms with Crippen LogP contribution >= 0.6 is 0 Å². The number of fused-ring (bicyclic) bond motifs is 1. The second-order valence-corrected chi connectivity index (χ2v) is 5.73. The molecule has 1 heterocycles. The minimum absolute atomic E-state index is 0.00131. The zero-order chi connectivity index (χ0) is 18.4. The van der Waals surface area contributed by atoms with Crippen LogP contribution in [0, 0.1) is 0 Å². The molecule has 0 aliphatic heterocycles. The van der Waals surface area contributed by atoms with Crippen molar-refractivity contribution in [3.05, 3.63) is 76.8 Å². The van der Waals surface area contributed by atoms with E-state index in [4.69, 9.17) is 0 Å². The molecule has 132 valence electrons. The van der Waals surface area contributed by atoms with Crippen molar-refractivity contribution < 1.29 is 9.59 Å². The first-order chi connectivity index (χ1) is 12.6. The Kier molecular flexibility index (Phi) is 5.38. The Labute approximate surface area is 149 Å². The Morgan fingerprint density at radius 2 is 1.73 bits per heavy atom. The van der Waals surface area contributed by atoms with Gasteiger partial charge in [0.05, 0.1) is 17.2 Å². The number of carbonyl (C=O) groups is 2. The van der Waals surface area contributed by atoms with Crippen molar-refractivity contribution in [3.63, 3.8) is 0 Å². The molecule has 0 aliphatic carbocycles. The SMILES string of the molecule is O=C(CCn1cnc2ccccc2c1=O)NC(=O)NCc1ccccc1. The zero-order valence-electron chi connectivity index (χ0n) is 14.0. The molecule has 2 aromatic carbocycles. The number of para-hydroxylation sites is 1. The van der Waals surface area contributed by atoms with Crippen molar-refractivity contribution in [1.82, 2.24) is 20.2 Å². The van der Waals surface area contributed by atoms with Crippen LogP contribution in [0.15, 0.2) is 65.7 Å². The van der Waals surface area contributed by atoms with E-state index in [1.165, 1.54) is 10.9 Å². The van der Waals surface area contributed by atoms with Gasteiger partial charge in [0.25, 0.3) is 5.56 Å². The normalized spacial score (nSPS) is 10.5. The molecule has 0 saturated heterocycles. The summed E-state index contributed by atoms with van der Waals surface area (Å²) in [6, 6.07) is 15.8. The molecule has 0 radical (unpaired) electrons. The number of urea groups is 1. The highest BCUT2D eigenvalue weighted by atomic mass is 16.2. The summed E-state index contributed by atoms with van der Waals surface area (Å²) >= 11 is 0. The number of aryl methyl sites for hydroxylation is 1. The second-order valence-electron chi connectivity index (χ2n) is 5.73. The average Bonchev–Trinajstić information content (AvgIpc) is 2.67. The Morgan fingerprint density at radius 3 is 2.54 bits per heavy atom. The van der Waals surface area contributed by atoms with Crippen molar-refractivity contribution in [2.24, 2.45) is 0 Å². The van der Waals surface area contributed by atoms with Gasteiger partial charge in [-0.2, -0.15) is 0 Å². The highest BCUT2D eigenvalue weighted by molar-refractivity contribution is 5.94. The topological polar surface area (TPSA) is 93.1 Å². The van der Waals surface area contributed by atoms with Crippen LogP contribution in [-0.2, 0) is 17.9 Å². The number of nitrogens with one attached hydrogen (secondary N) is 2. The molecule has 0 fully saturated rings. The summed E-state index contributed by atoms with van der Waals surface area (Å²) in [5.74, 6) is -0.462. The van der Waals surface area contributed by atoms with Crippen molar-refractivity contribution in [2.45, 2.75) is 19.5 Å². The molecule has 0 aliphatic rings. The maximum Gasteiger partial charge on any atom is 0.321 e. The van der Waals surface area contributed by atoms with Gasteiger partial charge in [0.1, 0.15) is 0 Å². The first-order valence-corrected chi connectivity index (χ1v) is 8.19. The number of hydrogen-bond acceptors (Lipinski definition) is 4. The number of hydrogen-bond donors (Lipinski definition) is 2. The number of nitrogens with zero attached hydrogens (tertiary/aromatic N) is 2. The van der Waals surface area contributed by atoms with E-state index in [0.29, 0.717) is 17.4 Å². The molecule has 0 saturated carbocycles. The van der Waals surface area contributed by atoms with Crippen molar-refractivity contribution >= 4 is 22.8 Å². The third-order valence-corrected chi connectivity index (χ3v) is 3.86. The fourth-order valence-electron chi connectivity index (χ4n) is 2.50. The van der Waals surface area contributed by atoms with Gasteiger partial charge >= 0.3 is 6.03 Å². The van der Waals surface area contributed by atoms with Crippen LogP contribution in [0.25, 0.3) is 10.9 Å². The molecule has 1 aromatic heterocycles. The van der Waals surface area contributed by atoms with Crippen LogP contribution in [-0.4, -0.2) is 21.5 Å². The predicted molar refractivity (Wildman–Crippen MR) is 97.4 cm³/mol. The van der Waals surface area contributed by atoms with Crippen LogP contribution in [0.4, 0.5) is 4.79 Å². The quantitative estimate of drug-likeness (QED) is 0.734. The summed E-state index contributed by atoms with van der Waals surface area (Å²) in [5.41, 5.74) is 1.33. The van der Waals surface area contributed by atoms with E-state index < -0.39 is 11.9 Å². The molecule has 2 N–H and O–H groups in total. The number of amides is 3. The Balaban J connectivity index is 1.52. The second kappa shape index (κ2) is 8.06. The van der Waals surface area contributed by atoms with Crippen LogP contribution in [0.1, 0.15) is 12.0 Å². The monoisotopic (exact) mass is 350 g/mol. The van der Waals surface area contributed by atoms with Gasteiger partial charge in [-0.3, -0.25) is 19.5 Å². The van der Waals surface area contributed by atoms with Crippen molar-refractivity contribution in [3.8, 4) is 0 Å². The third kappa shape index (κ3) is 4.32. The number of carbonyl (C=O) groups excluding carboxylic acids is 2. The molecule has 3 rings (SSSR count). The Bertz CT molecular complexity index is 983. The van der Waals surface area contributed by atoms with E-state index in [1.807, 2.05) is 30.3 Å². The lowest BCUT2D eigenvalue weighted by Crippen LogP contribution is -2.39. The Hall–Kier alpha value is -3.48. The Morgan fingerprint density at radius 1 is 1.00 bits per heavy atom. The van der Waals surface area contributed by atoms with E-state index in [0.717, 1.165) is 5.56 Å². The van der Waals surface area contributed by atoms with Crippen molar-refractivity contribution in [2.75, 3.05) is 0 Å². The minimum Gasteiger partial charge on any atom is -0.334 e. The summed E-state index contributed by atoms with van der Waals surface area (Å²) in [7, 11) is 0. The van der Waals surface area contributed by atoms with E-state index in [1.54, 1.807) is 24.3 Å². The van der Waals surface area contributed by atoms with Crippen LogP contribution < -0.4 is 16.2 Å². The number of aromatic nitrogens is 2. The summed E-state index contributed by atoms with van der Waals surface area (Å²) in [5, 5.41) is 5.36. The molecule has 0 spiro atoms. The van der Waals surface area contributed by atoms with Crippen LogP contribution in [0.2, 0.25) is 0 Å². The summed E-state index contributed by atoms with van der Waals surface area (Å²) in [4.78, 5) is 40.2. The standard InChI is InChI=1S/C19H18N4O3/c24-17(22-19(26)20-12-14-6-2-1-3-7-14)10-11-23-13-21-16-9-5-4-8-15(16)18(23)25/h1-9,13H,10-12H2,(H2,20,22,24,26). The van der Waals surface area contributed by atoms with Gasteiger partial charge in [0, 0.05) is 19.5 Å². The van der Waals surface area contributed by atoms with Gasteiger partial charge in [-0.05, 0) is 17.7 Å². The van der Waals surface area contributed by atoms with Crippen LogP contribution in [0.3, 0.4) is 0 Å². The number of benzene rings is 2.